The zero-order valence-electron chi connectivity index (χ0n) is 11.9. The molecule has 3 heteroatoms. The van der Waals surface area contributed by atoms with Crippen molar-refractivity contribution >= 4 is 15.9 Å². The van der Waals surface area contributed by atoms with Gasteiger partial charge < -0.3 is 0 Å². The van der Waals surface area contributed by atoms with Gasteiger partial charge in [-0.15, -0.1) is 0 Å². The van der Waals surface area contributed by atoms with E-state index in [1.807, 2.05) is 6.07 Å². The lowest BCUT2D eigenvalue weighted by molar-refractivity contribution is 0.590. The van der Waals surface area contributed by atoms with E-state index in [4.69, 9.17) is 0 Å². The maximum Gasteiger partial charge on any atom is 0.130 e. The lowest BCUT2D eigenvalue weighted by atomic mass is 9.86. The van der Waals surface area contributed by atoms with E-state index in [1.165, 1.54) is 5.56 Å². The fourth-order valence-corrected chi connectivity index (χ4v) is 2.33. The molecule has 0 atom stereocenters. The SMILES string of the molecule is CCc1nc(Br)cc(-c2ccc(C(C)(C)C)cc2)n1. The topological polar surface area (TPSA) is 25.8 Å². The fraction of sp³-hybridized carbons (Fsp3) is 0.375. The number of nitrogens with zero attached hydrogens (tertiary/aromatic N) is 2. The predicted molar refractivity (Wildman–Crippen MR) is 83.2 cm³/mol. The Hall–Kier alpha value is -1.22. The molecule has 2 nitrogen and oxygen atoms in total. The van der Waals surface area contributed by atoms with Gasteiger partial charge in [0.15, 0.2) is 0 Å². The summed E-state index contributed by atoms with van der Waals surface area (Å²) >= 11 is 3.45. The molecule has 0 aliphatic heterocycles. The molecule has 1 heterocycles. The van der Waals surface area contributed by atoms with E-state index >= 15 is 0 Å². The van der Waals surface area contributed by atoms with Gasteiger partial charge in [-0.3, -0.25) is 0 Å². The highest BCUT2D eigenvalue weighted by Crippen LogP contribution is 2.26. The molecule has 2 rings (SSSR count). The largest absolute Gasteiger partial charge is 0.233 e. The number of benzene rings is 1. The average Bonchev–Trinajstić information content (AvgIpc) is 2.37. The van der Waals surface area contributed by atoms with E-state index in [1.54, 1.807) is 0 Å². The lowest BCUT2D eigenvalue weighted by Crippen LogP contribution is -2.10. The molecule has 0 saturated heterocycles. The van der Waals surface area contributed by atoms with Crippen molar-refractivity contribution in [3.8, 4) is 11.3 Å². The molecule has 0 N–H and O–H groups in total. The van der Waals surface area contributed by atoms with E-state index in [9.17, 15) is 0 Å². The summed E-state index contributed by atoms with van der Waals surface area (Å²) in [6.45, 7) is 8.73. The van der Waals surface area contributed by atoms with E-state index in [0.717, 1.165) is 28.1 Å². The van der Waals surface area contributed by atoms with Gasteiger partial charge in [0.25, 0.3) is 0 Å². The third-order valence-corrected chi connectivity index (χ3v) is 3.51. The molecule has 1 aromatic heterocycles. The molecule has 0 bridgehead atoms. The molecule has 0 aliphatic rings. The Labute approximate surface area is 123 Å². The second kappa shape index (κ2) is 5.41. The summed E-state index contributed by atoms with van der Waals surface area (Å²) in [5.74, 6) is 0.865. The van der Waals surface area contributed by atoms with Crippen LogP contribution in [0.2, 0.25) is 0 Å². The van der Waals surface area contributed by atoms with Crippen molar-refractivity contribution in [1.82, 2.24) is 9.97 Å². The first kappa shape index (κ1) is 14.2. The van der Waals surface area contributed by atoms with Gasteiger partial charge in [0.05, 0.1) is 5.69 Å². The normalized spacial score (nSPS) is 11.6. The number of hydrogen-bond donors (Lipinski definition) is 0. The first-order chi connectivity index (χ1) is 8.90. The molecule has 0 unspecified atom stereocenters. The van der Waals surface area contributed by atoms with Gasteiger partial charge in [0.1, 0.15) is 10.4 Å². The van der Waals surface area contributed by atoms with Crippen LogP contribution in [0, 0.1) is 0 Å². The van der Waals surface area contributed by atoms with E-state index in [2.05, 4.69) is 77.9 Å². The van der Waals surface area contributed by atoms with Gasteiger partial charge in [-0.2, -0.15) is 0 Å². The van der Waals surface area contributed by atoms with Gasteiger partial charge in [-0.05, 0) is 33.0 Å². The van der Waals surface area contributed by atoms with Crippen molar-refractivity contribution in [2.24, 2.45) is 0 Å². The maximum atomic E-state index is 4.57. The smallest absolute Gasteiger partial charge is 0.130 e. The van der Waals surface area contributed by atoms with Crippen LogP contribution < -0.4 is 0 Å². The van der Waals surface area contributed by atoms with Crippen LogP contribution in [0.3, 0.4) is 0 Å². The Kier molecular flexibility index (Phi) is 4.04. The van der Waals surface area contributed by atoms with E-state index in [0.29, 0.717) is 0 Å². The van der Waals surface area contributed by atoms with Crippen LogP contribution in [-0.2, 0) is 11.8 Å². The van der Waals surface area contributed by atoms with Crippen LogP contribution in [0.1, 0.15) is 39.1 Å². The molecule has 0 saturated carbocycles. The minimum atomic E-state index is 0.180. The average molecular weight is 319 g/mol. The van der Waals surface area contributed by atoms with Gasteiger partial charge in [0.2, 0.25) is 0 Å². The Morgan fingerprint density at radius 1 is 1.05 bits per heavy atom. The molecular weight excluding hydrogens is 300 g/mol. The van der Waals surface area contributed by atoms with E-state index < -0.39 is 0 Å². The Morgan fingerprint density at radius 2 is 1.68 bits per heavy atom. The second-order valence-electron chi connectivity index (χ2n) is 5.67. The van der Waals surface area contributed by atoms with Crippen molar-refractivity contribution in [3.63, 3.8) is 0 Å². The summed E-state index contributed by atoms with van der Waals surface area (Å²) in [6, 6.07) is 10.6. The zero-order chi connectivity index (χ0) is 14.0. The summed E-state index contributed by atoms with van der Waals surface area (Å²) < 4.78 is 0.842. The molecule has 19 heavy (non-hydrogen) atoms. The van der Waals surface area contributed by atoms with Crippen LogP contribution in [0.5, 0.6) is 0 Å². The van der Waals surface area contributed by atoms with Gasteiger partial charge >= 0.3 is 0 Å². The molecule has 0 aliphatic carbocycles. The second-order valence-corrected chi connectivity index (χ2v) is 6.49. The van der Waals surface area contributed by atoms with Crippen LogP contribution in [0.25, 0.3) is 11.3 Å². The Balaban J connectivity index is 2.40. The van der Waals surface area contributed by atoms with Gasteiger partial charge in [0, 0.05) is 12.0 Å². The minimum Gasteiger partial charge on any atom is -0.233 e. The number of hydrogen-bond acceptors (Lipinski definition) is 2. The molecule has 0 fully saturated rings. The number of halogens is 1. The number of rotatable bonds is 2. The standard InChI is InChI=1S/C16H19BrN2/c1-5-15-18-13(10-14(17)19-15)11-6-8-12(9-7-11)16(2,3)4/h6-10H,5H2,1-4H3. The molecule has 1 aromatic carbocycles. The first-order valence-electron chi connectivity index (χ1n) is 6.54. The summed E-state index contributed by atoms with van der Waals surface area (Å²) in [6.07, 6.45) is 0.840. The highest BCUT2D eigenvalue weighted by atomic mass is 79.9. The summed E-state index contributed by atoms with van der Waals surface area (Å²) in [5, 5.41) is 0. The molecule has 0 amide bonds. The zero-order valence-corrected chi connectivity index (χ0v) is 13.5. The highest BCUT2D eigenvalue weighted by molar-refractivity contribution is 9.10. The summed E-state index contributed by atoms with van der Waals surface area (Å²) in [5.41, 5.74) is 3.62. The van der Waals surface area contributed by atoms with Crippen molar-refractivity contribution in [3.05, 3.63) is 46.3 Å². The third-order valence-electron chi connectivity index (χ3n) is 3.10. The van der Waals surface area contributed by atoms with Crippen molar-refractivity contribution in [1.29, 1.82) is 0 Å². The van der Waals surface area contributed by atoms with Crippen LogP contribution >= 0.6 is 15.9 Å². The Morgan fingerprint density at radius 3 is 2.21 bits per heavy atom. The Bertz CT molecular complexity index is 568. The first-order valence-corrected chi connectivity index (χ1v) is 7.34. The van der Waals surface area contributed by atoms with Crippen LogP contribution in [-0.4, -0.2) is 9.97 Å². The minimum absolute atomic E-state index is 0.180. The summed E-state index contributed by atoms with van der Waals surface area (Å²) in [4.78, 5) is 8.91. The molecule has 2 aromatic rings. The fourth-order valence-electron chi connectivity index (χ4n) is 1.91. The molecule has 0 spiro atoms. The monoisotopic (exact) mass is 318 g/mol. The lowest BCUT2D eigenvalue weighted by Gasteiger charge is -2.19. The van der Waals surface area contributed by atoms with E-state index in [-0.39, 0.29) is 5.41 Å². The van der Waals surface area contributed by atoms with Crippen molar-refractivity contribution < 1.29 is 0 Å². The summed E-state index contributed by atoms with van der Waals surface area (Å²) in [7, 11) is 0. The highest BCUT2D eigenvalue weighted by Gasteiger charge is 2.13. The number of aryl methyl sites for hydroxylation is 1. The number of aromatic nitrogens is 2. The van der Waals surface area contributed by atoms with Crippen LogP contribution in [0.15, 0.2) is 34.9 Å². The van der Waals surface area contributed by atoms with Crippen molar-refractivity contribution in [2.75, 3.05) is 0 Å². The van der Waals surface area contributed by atoms with Crippen molar-refractivity contribution in [2.45, 2.75) is 39.5 Å². The van der Waals surface area contributed by atoms with Gasteiger partial charge in [-0.1, -0.05) is 52.0 Å². The van der Waals surface area contributed by atoms with Crippen LogP contribution in [0.4, 0.5) is 0 Å². The maximum absolute atomic E-state index is 4.57. The van der Waals surface area contributed by atoms with Gasteiger partial charge in [-0.25, -0.2) is 9.97 Å². The molecule has 0 radical (unpaired) electrons. The third kappa shape index (κ3) is 3.41. The predicted octanol–water partition coefficient (Wildman–Crippen LogP) is 4.77. The molecular formula is C16H19BrN2. The quantitative estimate of drug-likeness (QED) is 0.746. The molecule has 100 valence electrons.